The third kappa shape index (κ3) is 2.18. The van der Waals surface area contributed by atoms with E-state index in [2.05, 4.69) is 15.9 Å². The summed E-state index contributed by atoms with van der Waals surface area (Å²) < 4.78 is 0.730. The maximum atomic E-state index is 9.90. The second kappa shape index (κ2) is 4.54. The van der Waals surface area contributed by atoms with Gasteiger partial charge in [0.05, 0.1) is 4.47 Å². The van der Waals surface area contributed by atoms with Gasteiger partial charge < -0.3 is 10.8 Å². The standard InChI is InChI=1S/C12H16BrNO/c13-10-7-3-6-9(12(10)15)11(14)8-4-1-2-5-8/h3,6-8,11,15H,1-2,4-5,14H2/t11-/m1/s1. The molecule has 0 radical (unpaired) electrons. The summed E-state index contributed by atoms with van der Waals surface area (Å²) in [6.45, 7) is 0. The van der Waals surface area contributed by atoms with Crippen molar-refractivity contribution in [3.63, 3.8) is 0 Å². The highest BCUT2D eigenvalue weighted by Crippen LogP contribution is 2.39. The van der Waals surface area contributed by atoms with E-state index in [4.69, 9.17) is 5.73 Å². The van der Waals surface area contributed by atoms with Crippen molar-refractivity contribution in [3.05, 3.63) is 28.2 Å². The predicted octanol–water partition coefficient (Wildman–Crippen LogP) is 3.34. The second-order valence-electron chi connectivity index (χ2n) is 4.25. The topological polar surface area (TPSA) is 46.2 Å². The first-order valence-corrected chi connectivity index (χ1v) is 6.22. The van der Waals surface area contributed by atoms with Crippen molar-refractivity contribution in [3.8, 4) is 5.75 Å². The van der Waals surface area contributed by atoms with E-state index in [1.807, 2.05) is 18.2 Å². The highest BCUT2D eigenvalue weighted by Gasteiger charge is 2.25. The molecule has 0 heterocycles. The van der Waals surface area contributed by atoms with Crippen molar-refractivity contribution in [2.75, 3.05) is 0 Å². The summed E-state index contributed by atoms with van der Waals surface area (Å²) in [5.74, 6) is 0.835. The van der Waals surface area contributed by atoms with Crippen LogP contribution in [0.3, 0.4) is 0 Å². The van der Waals surface area contributed by atoms with Crippen molar-refractivity contribution in [1.29, 1.82) is 0 Å². The second-order valence-corrected chi connectivity index (χ2v) is 5.10. The van der Waals surface area contributed by atoms with Gasteiger partial charge in [0.25, 0.3) is 0 Å². The number of aromatic hydroxyl groups is 1. The molecule has 0 amide bonds. The first-order valence-electron chi connectivity index (χ1n) is 5.43. The van der Waals surface area contributed by atoms with Gasteiger partial charge >= 0.3 is 0 Å². The van der Waals surface area contributed by atoms with Crippen molar-refractivity contribution >= 4 is 15.9 Å². The number of hydrogen-bond acceptors (Lipinski definition) is 2. The molecule has 1 aliphatic carbocycles. The van der Waals surface area contributed by atoms with Crippen molar-refractivity contribution in [2.24, 2.45) is 11.7 Å². The lowest BCUT2D eigenvalue weighted by Gasteiger charge is -2.20. The lowest BCUT2D eigenvalue weighted by molar-refractivity contribution is 0.411. The number of benzene rings is 1. The molecule has 0 saturated heterocycles. The fourth-order valence-corrected chi connectivity index (χ4v) is 2.75. The SMILES string of the molecule is N[C@@H](c1cccc(Br)c1O)C1CCCC1. The Hall–Kier alpha value is -0.540. The molecule has 1 fully saturated rings. The van der Waals surface area contributed by atoms with Gasteiger partial charge in [-0.15, -0.1) is 0 Å². The quantitative estimate of drug-likeness (QED) is 0.865. The minimum absolute atomic E-state index is 0.0231. The van der Waals surface area contributed by atoms with Crippen LogP contribution in [0.25, 0.3) is 0 Å². The van der Waals surface area contributed by atoms with E-state index >= 15 is 0 Å². The summed E-state index contributed by atoms with van der Waals surface area (Å²) in [5.41, 5.74) is 7.06. The van der Waals surface area contributed by atoms with Crippen molar-refractivity contribution in [2.45, 2.75) is 31.7 Å². The Morgan fingerprint density at radius 2 is 2.00 bits per heavy atom. The molecule has 0 aromatic heterocycles. The van der Waals surface area contributed by atoms with Gasteiger partial charge in [0.15, 0.2) is 0 Å². The lowest BCUT2D eigenvalue weighted by Crippen LogP contribution is -2.19. The van der Waals surface area contributed by atoms with Crippen molar-refractivity contribution in [1.82, 2.24) is 0 Å². The number of phenols is 1. The lowest BCUT2D eigenvalue weighted by atomic mass is 9.92. The molecule has 1 aromatic carbocycles. The van der Waals surface area contributed by atoms with Gasteiger partial charge in [0.2, 0.25) is 0 Å². The smallest absolute Gasteiger partial charge is 0.134 e. The normalized spacial score (nSPS) is 19.3. The molecule has 0 spiro atoms. The largest absolute Gasteiger partial charge is 0.506 e. The molecule has 15 heavy (non-hydrogen) atoms. The Bertz CT molecular complexity index is 347. The molecule has 1 atom stereocenters. The Balaban J connectivity index is 2.24. The van der Waals surface area contributed by atoms with Gasteiger partial charge in [-0.2, -0.15) is 0 Å². The molecule has 2 nitrogen and oxygen atoms in total. The first kappa shape index (κ1) is 11.0. The van der Waals surface area contributed by atoms with E-state index in [-0.39, 0.29) is 6.04 Å². The summed E-state index contributed by atoms with van der Waals surface area (Å²) in [7, 11) is 0. The molecular weight excluding hydrogens is 254 g/mol. The molecule has 82 valence electrons. The van der Waals surface area contributed by atoms with E-state index in [0.29, 0.717) is 11.7 Å². The Morgan fingerprint density at radius 3 is 2.67 bits per heavy atom. The highest BCUT2D eigenvalue weighted by molar-refractivity contribution is 9.10. The molecule has 1 saturated carbocycles. The third-order valence-electron chi connectivity index (χ3n) is 3.28. The van der Waals surface area contributed by atoms with Crippen LogP contribution in [-0.2, 0) is 0 Å². The van der Waals surface area contributed by atoms with E-state index in [1.54, 1.807) is 0 Å². The van der Waals surface area contributed by atoms with Gasteiger partial charge in [-0.05, 0) is 40.8 Å². The summed E-state index contributed by atoms with van der Waals surface area (Å²) in [5, 5.41) is 9.90. The Kier molecular flexibility index (Phi) is 3.32. The number of para-hydroxylation sites is 1. The molecule has 1 aliphatic rings. The minimum Gasteiger partial charge on any atom is -0.506 e. The molecule has 0 aliphatic heterocycles. The fraction of sp³-hybridized carbons (Fsp3) is 0.500. The number of nitrogens with two attached hydrogens (primary N) is 1. The van der Waals surface area contributed by atoms with Gasteiger partial charge in [0.1, 0.15) is 5.75 Å². The molecule has 0 unspecified atom stereocenters. The minimum atomic E-state index is -0.0231. The summed E-state index contributed by atoms with van der Waals surface area (Å²) in [4.78, 5) is 0. The molecule has 1 aromatic rings. The van der Waals surface area contributed by atoms with Crippen LogP contribution < -0.4 is 5.73 Å². The van der Waals surface area contributed by atoms with Crippen LogP contribution in [0, 0.1) is 5.92 Å². The van der Waals surface area contributed by atoms with Crippen LogP contribution in [0.4, 0.5) is 0 Å². The number of rotatable bonds is 2. The van der Waals surface area contributed by atoms with E-state index in [0.717, 1.165) is 10.0 Å². The summed E-state index contributed by atoms with van der Waals surface area (Å²) >= 11 is 3.32. The average molecular weight is 270 g/mol. The molecule has 2 rings (SSSR count). The van der Waals surface area contributed by atoms with E-state index in [1.165, 1.54) is 25.7 Å². The zero-order valence-electron chi connectivity index (χ0n) is 8.62. The Labute approximate surface area is 98.6 Å². The molecule has 3 N–H and O–H groups in total. The zero-order valence-corrected chi connectivity index (χ0v) is 10.2. The number of halogens is 1. The maximum absolute atomic E-state index is 9.90. The van der Waals surface area contributed by atoms with Crippen LogP contribution in [0.1, 0.15) is 37.3 Å². The number of phenolic OH excluding ortho intramolecular Hbond substituents is 1. The van der Waals surface area contributed by atoms with E-state index in [9.17, 15) is 5.11 Å². The number of hydrogen-bond donors (Lipinski definition) is 2. The average Bonchev–Trinajstić information content (AvgIpc) is 2.74. The van der Waals surface area contributed by atoms with Crippen LogP contribution in [0.15, 0.2) is 22.7 Å². The van der Waals surface area contributed by atoms with Crippen LogP contribution in [0.2, 0.25) is 0 Å². The first-order chi connectivity index (χ1) is 7.20. The van der Waals surface area contributed by atoms with E-state index < -0.39 is 0 Å². The zero-order chi connectivity index (χ0) is 10.8. The van der Waals surface area contributed by atoms with Crippen molar-refractivity contribution < 1.29 is 5.11 Å². The van der Waals surface area contributed by atoms with Crippen LogP contribution in [0.5, 0.6) is 5.75 Å². The van der Waals surface area contributed by atoms with Crippen LogP contribution >= 0.6 is 15.9 Å². The molecule has 0 bridgehead atoms. The Morgan fingerprint density at radius 1 is 1.33 bits per heavy atom. The third-order valence-corrected chi connectivity index (χ3v) is 3.92. The van der Waals surface area contributed by atoms with Gasteiger partial charge in [-0.3, -0.25) is 0 Å². The summed E-state index contributed by atoms with van der Waals surface area (Å²) in [6, 6.07) is 5.65. The van der Waals surface area contributed by atoms with Gasteiger partial charge in [-0.1, -0.05) is 25.0 Å². The maximum Gasteiger partial charge on any atom is 0.134 e. The fourth-order valence-electron chi connectivity index (χ4n) is 2.37. The van der Waals surface area contributed by atoms with Gasteiger partial charge in [-0.25, -0.2) is 0 Å². The van der Waals surface area contributed by atoms with Crippen LogP contribution in [-0.4, -0.2) is 5.11 Å². The van der Waals surface area contributed by atoms with Gasteiger partial charge in [0, 0.05) is 11.6 Å². The predicted molar refractivity (Wildman–Crippen MR) is 64.7 cm³/mol. The highest BCUT2D eigenvalue weighted by atomic mass is 79.9. The molecule has 3 heteroatoms. The monoisotopic (exact) mass is 269 g/mol. The summed E-state index contributed by atoms with van der Waals surface area (Å²) in [6.07, 6.45) is 4.92. The molecular formula is C12H16BrNO.